The van der Waals surface area contributed by atoms with Gasteiger partial charge in [-0.2, -0.15) is 0 Å². The highest BCUT2D eigenvalue weighted by Crippen LogP contribution is 2.38. The lowest BCUT2D eigenvalue weighted by molar-refractivity contribution is -0.914. The minimum atomic E-state index is -4.26. The van der Waals surface area contributed by atoms with Gasteiger partial charge in [0.15, 0.2) is 0 Å². The number of likely N-dealkylation sites (N-methyl/N-ethyl adjacent to an activating group) is 1. The molecule has 0 saturated carbocycles. The molecule has 7 nitrogen and oxygen atoms in total. The standard InChI is InChI=1S/C30H62NO6P/c1-3-4-5-6-7-8-9-10-11-12-13-14-15-16-17-21-25-34-27-28-35-29-30-37-38(32,33)36-26-24-31(2)22-19-18-20-23-31/h3-30H2,1-2H3. The first kappa shape index (κ1) is 36.0. The van der Waals surface area contributed by atoms with E-state index in [1.807, 2.05) is 0 Å². The molecule has 1 heterocycles. The van der Waals surface area contributed by atoms with E-state index in [1.54, 1.807) is 0 Å². The highest BCUT2D eigenvalue weighted by molar-refractivity contribution is 7.45. The highest BCUT2D eigenvalue weighted by atomic mass is 31.2. The molecule has 228 valence electrons. The summed E-state index contributed by atoms with van der Waals surface area (Å²) >= 11 is 0. The Balaban J connectivity index is 1.75. The first-order valence-electron chi connectivity index (χ1n) is 16.1. The van der Waals surface area contributed by atoms with E-state index in [0.29, 0.717) is 19.8 Å². The number of nitrogens with zero attached hydrogens (tertiary/aromatic N) is 1. The second kappa shape index (κ2) is 24.8. The molecular formula is C30H62NO6P. The highest BCUT2D eigenvalue weighted by Gasteiger charge is 2.25. The van der Waals surface area contributed by atoms with Crippen LogP contribution in [0.3, 0.4) is 0 Å². The number of hydrogen-bond acceptors (Lipinski definition) is 6. The van der Waals surface area contributed by atoms with Gasteiger partial charge in [0.2, 0.25) is 0 Å². The zero-order chi connectivity index (χ0) is 27.6. The van der Waals surface area contributed by atoms with E-state index < -0.39 is 7.82 Å². The van der Waals surface area contributed by atoms with E-state index >= 15 is 0 Å². The summed E-state index contributed by atoms with van der Waals surface area (Å²) in [6, 6.07) is 0. The maximum Gasteiger partial charge on any atom is 0.268 e. The van der Waals surface area contributed by atoms with Gasteiger partial charge < -0.3 is 27.9 Å². The van der Waals surface area contributed by atoms with Crippen LogP contribution in [0.25, 0.3) is 0 Å². The molecule has 38 heavy (non-hydrogen) atoms. The Labute approximate surface area is 235 Å². The summed E-state index contributed by atoms with van der Waals surface area (Å²) in [5, 5.41) is 0. The molecular weight excluding hydrogens is 501 g/mol. The molecule has 0 amide bonds. The Morgan fingerprint density at radius 1 is 0.579 bits per heavy atom. The van der Waals surface area contributed by atoms with E-state index in [4.69, 9.17) is 18.5 Å². The van der Waals surface area contributed by atoms with Crippen molar-refractivity contribution < 1.29 is 32.5 Å². The smallest absolute Gasteiger partial charge is 0.268 e. The second-order valence-corrected chi connectivity index (χ2v) is 12.9. The van der Waals surface area contributed by atoms with Gasteiger partial charge in [-0.3, -0.25) is 4.57 Å². The summed E-state index contributed by atoms with van der Waals surface area (Å²) in [6.07, 6.45) is 25.5. The van der Waals surface area contributed by atoms with Crippen LogP contribution in [-0.4, -0.2) is 70.8 Å². The molecule has 0 aromatic heterocycles. The van der Waals surface area contributed by atoms with Gasteiger partial charge in [-0.05, 0) is 25.7 Å². The molecule has 1 aliphatic heterocycles. The van der Waals surface area contributed by atoms with Crippen molar-refractivity contribution in [2.24, 2.45) is 0 Å². The van der Waals surface area contributed by atoms with Gasteiger partial charge >= 0.3 is 0 Å². The second-order valence-electron chi connectivity index (χ2n) is 11.5. The Bertz CT molecular complexity index is 559. The Hall–Kier alpha value is -0.0100. The summed E-state index contributed by atoms with van der Waals surface area (Å²) in [7, 11) is -2.10. The Morgan fingerprint density at radius 3 is 1.53 bits per heavy atom. The van der Waals surface area contributed by atoms with E-state index in [2.05, 4.69) is 14.0 Å². The van der Waals surface area contributed by atoms with Crippen molar-refractivity contribution >= 4 is 7.82 Å². The molecule has 0 N–H and O–H groups in total. The van der Waals surface area contributed by atoms with E-state index in [1.165, 1.54) is 116 Å². The molecule has 0 aromatic carbocycles. The van der Waals surface area contributed by atoms with Crippen molar-refractivity contribution in [3.8, 4) is 0 Å². The molecule has 1 unspecified atom stereocenters. The van der Waals surface area contributed by atoms with Gasteiger partial charge in [0.25, 0.3) is 7.82 Å². The third-order valence-electron chi connectivity index (χ3n) is 7.77. The summed E-state index contributed by atoms with van der Waals surface area (Å²) in [4.78, 5) is 11.9. The van der Waals surface area contributed by atoms with Crippen LogP contribution in [0.15, 0.2) is 0 Å². The van der Waals surface area contributed by atoms with Crippen LogP contribution in [0.5, 0.6) is 0 Å². The fourth-order valence-electron chi connectivity index (χ4n) is 5.19. The number of phosphoric acid groups is 1. The summed E-state index contributed by atoms with van der Waals surface area (Å²) < 4.78 is 33.7. The van der Waals surface area contributed by atoms with Crippen molar-refractivity contribution in [3.63, 3.8) is 0 Å². The average Bonchev–Trinajstić information content (AvgIpc) is 2.89. The van der Waals surface area contributed by atoms with Crippen molar-refractivity contribution in [2.45, 2.75) is 129 Å². The third-order valence-corrected chi connectivity index (χ3v) is 8.77. The quantitative estimate of drug-likeness (QED) is 0.0560. The molecule has 1 rings (SSSR count). The number of phosphoric ester groups is 1. The van der Waals surface area contributed by atoms with Gasteiger partial charge in [0.1, 0.15) is 13.2 Å². The van der Waals surface area contributed by atoms with Gasteiger partial charge in [-0.25, -0.2) is 0 Å². The number of unbranched alkanes of at least 4 members (excludes halogenated alkanes) is 15. The number of likely N-dealkylation sites (tertiary alicyclic amines) is 1. The van der Waals surface area contributed by atoms with Gasteiger partial charge in [0, 0.05) is 6.61 Å². The molecule has 0 spiro atoms. The van der Waals surface area contributed by atoms with Crippen LogP contribution in [0.4, 0.5) is 0 Å². The SMILES string of the molecule is CCCCCCCCCCCCCCCCCCOCCOCCOP(=O)([O-])OCC[N+]1(C)CCCCC1. The largest absolute Gasteiger partial charge is 0.756 e. The fraction of sp³-hybridized carbons (Fsp3) is 1.00. The lowest BCUT2D eigenvalue weighted by atomic mass is 10.0. The van der Waals surface area contributed by atoms with Crippen LogP contribution in [0.2, 0.25) is 0 Å². The summed E-state index contributed by atoms with van der Waals surface area (Å²) in [5.74, 6) is 0. The fourth-order valence-corrected chi connectivity index (χ4v) is 5.87. The number of hydrogen-bond donors (Lipinski definition) is 0. The van der Waals surface area contributed by atoms with Crippen LogP contribution >= 0.6 is 7.82 Å². The van der Waals surface area contributed by atoms with Gasteiger partial charge in [0.05, 0.1) is 46.6 Å². The first-order chi connectivity index (χ1) is 18.5. The first-order valence-corrected chi connectivity index (χ1v) is 17.5. The lowest BCUT2D eigenvalue weighted by Crippen LogP contribution is -2.49. The predicted molar refractivity (Wildman–Crippen MR) is 155 cm³/mol. The minimum absolute atomic E-state index is 0.0218. The van der Waals surface area contributed by atoms with E-state index in [-0.39, 0.29) is 19.8 Å². The van der Waals surface area contributed by atoms with Crippen molar-refractivity contribution in [2.75, 3.05) is 66.3 Å². The average molecular weight is 564 g/mol. The number of piperidine rings is 1. The predicted octanol–water partition coefficient (Wildman–Crippen LogP) is 7.41. The van der Waals surface area contributed by atoms with Crippen LogP contribution in [-0.2, 0) is 23.1 Å². The molecule has 8 heteroatoms. The summed E-state index contributed by atoms with van der Waals surface area (Å²) in [5.41, 5.74) is 0. The molecule has 1 atom stereocenters. The van der Waals surface area contributed by atoms with Crippen LogP contribution in [0, 0.1) is 0 Å². The Morgan fingerprint density at radius 2 is 1.00 bits per heavy atom. The monoisotopic (exact) mass is 563 g/mol. The maximum atomic E-state index is 11.9. The minimum Gasteiger partial charge on any atom is -0.756 e. The lowest BCUT2D eigenvalue weighted by Gasteiger charge is -2.38. The number of quaternary nitrogens is 1. The van der Waals surface area contributed by atoms with Crippen molar-refractivity contribution in [1.29, 1.82) is 0 Å². The van der Waals surface area contributed by atoms with Crippen molar-refractivity contribution in [1.82, 2.24) is 0 Å². The van der Waals surface area contributed by atoms with Crippen LogP contribution < -0.4 is 4.89 Å². The number of rotatable bonds is 28. The molecule has 0 bridgehead atoms. The van der Waals surface area contributed by atoms with Gasteiger partial charge in [-0.1, -0.05) is 103 Å². The molecule has 0 aromatic rings. The van der Waals surface area contributed by atoms with Crippen molar-refractivity contribution in [3.05, 3.63) is 0 Å². The van der Waals surface area contributed by atoms with E-state index in [0.717, 1.165) is 30.6 Å². The zero-order valence-corrected chi connectivity index (χ0v) is 26.0. The normalized spacial score (nSPS) is 17.0. The van der Waals surface area contributed by atoms with E-state index in [9.17, 15) is 9.46 Å². The molecule has 0 radical (unpaired) electrons. The maximum absolute atomic E-state index is 11.9. The Kier molecular flexibility index (Phi) is 23.5. The molecule has 1 fully saturated rings. The molecule has 1 saturated heterocycles. The topological polar surface area (TPSA) is 77.1 Å². The van der Waals surface area contributed by atoms with Gasteiger partial charge in [-0.15, -0.1) is 0 Å². The molecule has 0 aliphatic carbocycles. The zero-order valence-electron chi connectivity index (χ0n) is 25.1. The third kappa shape index (κ3) is 22.8. The summed E-state index contributed by atoms with van der Waals surface area (Å²) in [6.45, 7) is 7.25. The number of ether oxygens (including phenoxy) is 2. The molecule has 1 aliphatic rings. The van der Waals surface area contributed by atoms with Crippen LogP contribution in [0.1, 0.15) is 129 Å².